The molecule has 0 aromatic heterocycles. The molecule has 30 heavy (non-hydrogen) atoms. The number of fused-ring (bicyclic) bond motifs is 2. The van der Waals surface area contributed by atoms with Crippen molar-refractivity contribution in [2.45, 2.75) is 12.8 Å². The van der Waals surface area contributed by atoms with Crippen LogP contribution in [0.15, 0.2) is 24.3 Å². The molecular weight excluding hydrogens is 388 g/mol. The maximum Gasteiger partial charge on any atom is 0.200 e. The highest BCUT2D eigenvalue weighted by Gasteiger charge is 2.37. The molecule has 0 saturated carbocycles. The Morgan fingerprint density at radius 2 is 1.10 bits per heavy atom. The largest absolute Gasteiger partial charge is 0.507 e. The number of rotatable bonds is 8. The third-order valence-corrected chi connectivity index (χ3v) is 4.69. The van der Waals surface area contributed by atoms with E-state index in [2.05, 4.69) is 10.6 Å². The standard InChI is InChI=1S/C20H22N6O4/c21-13(22)5-7-25-9-1-3-11(27)17-15(9)19(29)18-12(28)4-2-10(16(18)20(17)30)26-8-6-14(23)24/h1-4,25-28H,5-8H2,(H3,21,22)(H3,23,24). The first-order chi connectivity index (χ1) is 14.2. The van der Waals surface area contributed by atoms with E-state index >= 15 is 0 Å². The van der Waals surface area contributed by atoms with Gasteiger partial charge in [0.05, 0.1) is 33.9 Å². The summed E-state index contributed by atoms with van der Waals surface area (Å²) in [4.78, 5) is 26.5. The lowest BCUT2D eigenvalue weighted by molar-refractivity contribution is 0.0975. The molecule has 2 aromatic carbocycles. The fourth-order valence-corrected chi connectivity index (χ4v) is 3.32. The molecule has 1 aliphatic rings. The van der Waals surface area contributed by atoms with E-state index in [0.717, 1.165) is 0 Å². The van der Waals surface area contributed by atoms with E-state index in [9.17, 15) is 19.8 Å². The molecule has 0 amide bonds. The smallest absolute Gasteiger partial charge is 0.200 e. The monoisotopic (exact) mass is 410 g/mol. The van der Waals surface area contributed by atoms with Crippen molar-refractivity contribution in [3.8, 4) is 11.5 Å². The van der Waals surface area contributed by atoms with Crippen molar-refractivity contribution in [3.05, 3.63) is 46.5 Å². The van der Waals surface area contributed by atoms with Crippen molar-refractivity contribution in [1.29, 1.82) is 10.8 Å². The third-order valence-electron chi connectivity index (χ3n) is 4.69. The summed E-state index contributed by atoms with van der Waals surface area (Å²) in [5, 5.41) is 41.2. The summed E-state index contributed by atoms with van der Waals surface area (Å²) in [6, 6.07) is 5.51. The summed E-state index contributed by atoms with van der Waals surface area (Å²) in [5.41, 5.74) is 10.9. The van der Waals surface area contributed by atoms with Crippen LogP contribution in [0.4, 0.5) is 11.4 Å². The Labute approximate surface area is 171 Å². The SMILES string of the molecule is N=C(N)CCNc1ccc(O)c2c1C(=O)c1c(O)ccc(NCCC(=N)N)c1C2=O. The number of nitrogens with two attached hydrogens (primary N) is 2. The van der Waals surface area contributed by atoms with Crippen LogP contribution < -0.4 is 22.1 Å². The van der Waals surface area contributed by atoms with E-state index in [4.69, 9.17) is 22.3 Å². The van der Waals surface area contributed by atoms with Crippen LogP contribution in [0.2, 0.25) is 0 Å². The van der Waals surface area contributed by atoms with E-state index in [-0.39, 0.29) is 71.4 Å². The van der Waals surface area contributed by atoms with E-state index in [1.165, 1.54) is 24.3 Å². The molecule has 0 saturated heterocycles. The lowest BCUT2D eigenvalue weighted by Gasteiger charge is -2.24. The minimum atomic E-state index is -0.617. The number of amidine groups is 2. The van der Waals surface area contributed by atoms with Crippen LogP contribution in [0.1, 0.15) is 44.7 Å². The van der Waals surface area contributed by atoms with Gasteiger partial charge in [-0.25, -0.2) is 0 Å². The molecule has 0 radical (unpaired) electrons. The zero-order valence-electron chi connectivity index (χ0n) is 16.0. The third kappa shape index (κ3) is 3.75. The van der Waals surface area contributed by atoms with Gasteiger partial charge in [-0.2, -0.15) is 0 Å². The molecule has 0 unspecified atom stereocenters. The normalized spacial score (nSPS) is 12.1. The van der Waals surface area contributed by atoms with Crippen molar-refractivity contribution in [3.63, 3.8) is 0 Å². The molecule has 0 aliphatic heterocycles. The summed E-state index contributed by atoms with van der Waals surface area (Å²) >= 11 is 0. The Balaban J connectivity index is 2.08. The molecule has 156 valence electrons. The molecule has 0 atom stereocenters. The van der Waals surface area contributed by atoms with Gasteiger partial charge >= 0.3 is 0 Å². The van der Waals surface area contributed by atoms with Crippen molar-refractivity contribution in [2.75, 3.05) is 23.7 Å². The number of hydrogen-bond acceptors (Lipinski definition) is 8. The first-order valence-electron chi connectivity index (χ1n) is 9.17. The maximum atomic E-state index is 13.3. The number of carbonyl (C=O) groups is 2. The molecule has 2 aromatic rings. The topological polar surface area (TPSA) is 198 Å². The first kappa shape index (κ1) is 20.6. The molecule has 10 heteroatoms. The second kappa shape index (κ2) is 8.11. The van der Waals surface area contributed by atoms with Crippen LogP contribution in [0, 0.1) is 10.8 Å². The van der Waals surface area contributed by atoms with E-state index in [1.54, 1.807) is 0 Å². The van der Waals surface area contributed by atoms with E-state index < -0.39 is 11.6 Å². The van der Waals surface area contributed by atoms with Crippen molar-refractivity contribution >= 4 is 34.6 Å². The van der Waals surface area contributed by atoms with Crippen LogP contribution >= 0.6 is 0 Å². The van der Waals surface area contributed by atoms with Gasteiger partial charge in [0.1, 0.15) is 11.5 Å². The van der Waals surface area contributed by atoms with E-state index in [0.29, 0.717) is 11.4 Å². The van der Waals surface area contributed by atoms with Crippen LogP contribution in [0.3, 0.4) is 0 Å². The molecule has 3 rings (SSSR count). The van der Waals surface area contributed by atoms with Gasteiger partial charge < -0.3 is 32.3 Å². The lowest BCUT2D eigenvalue weighted by Crippen LogP contribution is -2.25. The zero-order valence-corrected chi connectivity index (χ0v) is 16.0. The van der Waals surface area contributed by atoms with Gasteiger partial charge in [0.25, 0.3) is 0 Å². The Morgan fingerprint density at radius 1 is 0.733 bits per heavy atom. The second-order valence-corrected chi connectivity index (χ2v) is 6.83. The summed E-state index contributed by atoms with van der Waals surface area (Å²) in [7, 11) is 0. The zero-order chi connectivity index (χ0) is 22.0. The minimum absolute atomic E-state index is 0.0400. The van der Waals surface area contributed by atoms with E-state index in [1.807, 2.05) is 0 Å². The minimum Gasteiger partial charge on any atom is -0.507 e. The molecule has 10 nitrogen and oxygen atoms in total. The fraction of sp³-hybridized carbons (Fsp3) is 0.200. The van der Waals surface area contributed by atoms with Gasteiger partial charge in [-0.15, -0.1) is 0 Å². The molecule has 10 N–H and O–H groups in total. The van der Waals surface area contributed by atoms with Crippen LogP contribution in [0.5, 0.6) is 11.5 Å². The molecule has 0 heterocycles. The number of phenols is 2. The van der Waals surface area contributed by atoms with Crippen LogP contribution in [-0.2, 0) is 0 Å². The van der Waals surface area contributed by atoms with Crippen molar-refractivity contribution in [1.82, 2.24) is 0 Å². The fourth-order valence-electron chi connectivity index (χ4n) is 3.32. The Bertz CT molecular complexity index is 994. The highest BCUT2D eigenvalue weighted by atomic mass is 16.3. The van der Waals surface area contributed by atoms with Gasteiger partial charge in [-0.05, 0) is 24.3 Å². The molecular formula is C20H22N6O4. The van der Waals surface area contributed by atoms with Gasteiger partial charge in [0.15, 0.2) is 0 Å². The van der Waals surface area contributed by atoms with Gasteiger partial charge in [-0.1, -0.05) is 0 Å². The Hall–Kier alpha value is -4.08. The summed E-state index contributed by atoms with van der Waals surface area (Å²) in [6.07, 6.45) is 0.452. The number of hydrogen-bond donors (Lipinski definition) is 8. The highest BCUT2D eigenvalue weighted by molar-refractivity contribution is 6.33. The lowest BCUT2D eigenvalue weighted by atomic mass is 9.81. The Morgan fingerprint density at radius 3 is 1.43 bits per heavy atom. The van der Waals surface area contributed by atoms with Crippen LogP contribution in [-0.4, -0.2) is 46.5 Å². The van der Waals surface area contributed by atoms with Gasteiger partial charge in [0, 0.05) is 37.3 Å². The number of benzene rings is 2. The second-order valence-electron chi connectivity index (χ2n) is 6.83. The number of carbonyl (C=O) groups excluding carboxylic acids is 2. The average molecular weight is 410 g/mol. The number of nitrogens with one attached hydrogen (secondary N) is 4. The average Bonchev–Trinajstić information content (AvgIpc) is 2.67. The number of aromatic hydroxyl groups is 2. The van der Waals surface area contributed by atoms with Crippen LogP contribution in [0.25, 0.3) is 0 Å². The summed E-state index contributed by atoms with van der Waals surface area (Å²) in [6.45, 7) is 0.499. The van der Waals surface area contributed by atoms with Gasteiger partial charge in [0.2, 0.25) is 11.6 Å². The predicted molar refractivity (Wildman–Crippen MR) is 113 cm³/mol. The molecule has 1 aliphatic carbocycles. The van der Waals surface area contributed by atoms with Gasteiger partial charge in [-0.3, -0.25) is 20.4 Å². The number of anilines is 2. The first-order valence-corrected chi connectivity index (χ1v) is 9.17. The predicted octanol–water partition coefficient (Wildman–Crippen LogP) is 1.35. The van der Waals surface area contributed by atoms with Crippen molar-refractivity contribution in [2.24, 2.45) is 11.5 Å². The molecule has 0 spiro atoms. The summed E-state index contributed by atoms with van der Waals surface area (Å²) in [5.74, 6) is -2.03. The number of phenolic OH excluding ortho intramolecular Hbond substituents is 2. The maximum absolute atomic E-state index is 13.3. The quantitative estimate of drug-likeness (QED) is 0.154. The highest BCUT2D eigenvalue weighted by Crippen LogP contribution is 2.42. The molecule has 0 bridgehead atoms. The molecule has 0 fully saturated rings. The van der Waals surface area contributed by atoms with Crippen molar-refractivity contribution < 1.29 is 19.8 Å². The number of ketones is 2. The Kier molecular flexibility index (Phi) is 5.58. The summed E-state index contributed by atoms with van der Waals surface area (Å²) < 4.78 is 0.